The largest absolute Gasteiger partial charge is 0.348 e. The number of hydrogen-bond donors (Lipinski definition) is 2. The molecule has 0 aliphatic rings. The highest BCUT2D eigenvalue weighted by Gasteiger charge is 2.19. The van der Waals surface area contributed by atoms with Gasteiger partial charge < -0.3 is 5.32 Å². The van der Waals surface area contributed by atoms with Crippen LogP contribution in [0.1, 0.15) is 49.6 Å². The van der Waals surface area contributed by atoms with Crippen LogP contribution in [-0.2, 0) is 22.5 Å². The number of nitrogens with zero attached hydrogens (tertiary/aromatic N) is 4. The maximum atomic E-state index is 13.2. The molecule has 1 atom stereocenters. The number of aryl methyl sites for hydroxylation is 1. The number of benzene rings is 1. The number of aromatic nitrogens is 3. The van der Waals surface area contributed by atoms with Crippen molar-refractivity contribution in [2.24, 2.45) is 0 Å². The summed E-state index contributed by atoms with van der Waals surface area (Å²) in [6.07, 6.45) is 8.20. The lowest BCUT2D eigenvalue weighted by Gasteiger charge is -2.12. The van der Waals surface area contributed by atoms with Gasteiger partial charge in [-0.1, -0.05) is 42.3 Å². The summed E-state index contributed by atoms with van der Waals surface area (Å²) >= 11 is -1.36. The van der Waals surface area contributed by atoms with Gasteiger partial charge in [-0.25, -0.2) is 18.2 Å². The minimum atomic E-state index is -1.36. The lowest BCUT2D eigenvalue weighted by atomic mass is 10.0. The number of nitrogens with one attached hydrogen (secondary N) is 2. The molecule has 2 aromatic heterocycles. The lowest BCUT2D eigenvalue weighted by Crippen LogP contribution is -2.24. The smallest absolute Gasteiger partial charge is 0.251 e. The van der Waals surface area contributed by atoms with Crippen molar-refractivity contribution >= 4 is 34.5 Å². The Morgan fingerprint density at radius 2 is 1.86 bits per heavy atom. The van der Waals surface area contributed by atoms with Crippen LogP contribution in [0.3, 0.4) is 0 Å². The first-order chi connectivity index (χ1) is 17.2. The van der Waals surface area contributed by atoms with Crippen molar-refractivity contribution in [3.05, 3.63) is 82.8 Å². The molecule has 0 fully saturated rings. The number of hydrogen-bond acceptors (Lipinski definition) is 4. The Hall–Kier alpha value is -3.56. The minimum Gasteiger partial charge on any atom is -0.348 e. The predicted molar refractivity (Wildman–Crippen MR) is 147 cm³/mol. The average molecular weight is 507 g/mol. The van der Waals surface area contributed by atoms with Gasteiger partial charge >= 0.3 is 0 Å². The molecule has 1 unspecified atom stereocenters. The van der Waals surface area contributed by atoms with Gasteiger partial charge in [0.05, 0.1) is 17.6 Å². The monoisotopic (exact) mass is 506 g/mol. The van der Waals surface area contributed by atoms with Crippen LogP contribution in [0.4, 0.5) is 5.82 Å². The summed E-state index contributed by atoms with van der Waals surface area (Å²) in [6, 6.07) is 11.7. The fourth-order valence-electron chi connectivity index (χ4n) is 3.39. The van der Waals surface area contributed by atoms with E-state index in [1.165, 1.54) is 11.1 Å². The molecule has 0 aliphatic heterocycles. The van der Waals surface area contributed by atoms with E-state index in [1.54, 1.807) is 36.9 Å². The highest BCUT2D eigenvalue weighted by Crippen LogP contribution is 2.25. The van der Waals surface area contributed by atoms with Gasteiger partial charge in [0.15, 0.2) is 11.2 Å². The van der Waals surface area contributed by atoms with Gasteiger partial charge in [0.25, 0.3) is 5.91 Å². The van der Waals surface area contributed by atoms with E-state index in [-0.39, 0.29) is 5.91 Å². The average Bonchev–Trinajstić information content (AvgIpc) is 3.27. The number of allylic oxidation sites excluding steroid dienone is 2. The Morgan fingerprint density at radius 1 is 1.14 bits per heavy atom. The molecule has 1 amide bonds. The summed E-state index contributed by atoms with van der Waals surface area (Å²) in [5.41, 5.74) is 6.32. The number of rotatable bonds is 10. The summed E-state index contributed by atoms with van der Waals surface area (Å²) in [5, 5.41) is 7.61. The van der Waals surface area contributed by atoms with Crippen molar-refractivity contribution in [1.29, 1.82) is 0 Å². The predicted octanol–water partition coefficient (Wildman–Crippen LogP) is 4.66. The molecular weight excluding hydrogens is 472 g/mol. The van der Waals surface area contributed by atoms with Gasteiger partial charge in [0.2, 0.25) is 0 Å². The topological polar surface area (TPSA) is 92.2 Å². The minimum absolute atomic E-state index is 0.194. The van der Waals surface area contributed by atoms with Crippen LogP contribution in [0.2, 0.25) is 0 Å². The number of amides is 1. The third-order valence-corrected chi connectivity index (χ3v) is 6.70. The Labute approximate surface area is 215 Å². The van der Waals surface area contributed by atoms with Crippen molar-refractivity contribution in [2.45, 2.75) is 40.7 Å². The van der Waals surface area contributed by atoms with Crippen LogP contribution >= 0.6 is 0 Å². The highest BCUT2D eigenvalue weighted by molar-refractivity contribution is 7.83. The summed E-state index contributed by atoms with van der Waals surface area (Å²) in [4.78, 5) is 17.5. The molecule has 8 nitrogen and oxygen atoms in total. The molecule has 190 valence electrons. The molecule has 1 aromatic carbocycles. The maximum Gasteiger partial charge on any atom is 0.251 e. The molecule has 0 spiro atoms. The third-order valence-electron chi connectivity index (χ3n) is 5.65. The Morgan fingerprint density at radius 3 is 2.44 bits per heavy atom. The molecule has 2 N–H and O–H groups in total. The third kappa shape index (κ3) is 6.77. The van der Waals surface area contributed by atoms with E-state index < -0.39 is 11.2 Å². The van der Waals surface area contributed by atoms with Gasteiger partial charge in [-0.15, -0.1) is 0 Å². The summed E-state index contributed by atoms with van der Waals surface area (Å²) in [7, 11) is 3.42. The van der Waals surface area contributed by atoms with Crippen LogP contribution in [0, 0.1) is 6.92 Å². The van der Waals surface area contributed by atoms with Crippen molar-refractivity contribution < 1.29 is 9.00 Å². The molecular formula is C27H34N6O2S. The fraction of sp³-hybridized carbons (Fsp3) is 0.296. The Bertz CT molecular complexity index is 1270. The van der Waals surface area contributed by atoms with Crippen molar-refractivity contribution in [3.8, 4) is 5.69 Å². The van der Waals surface area contributed by atoms with Gasteiger partial charge in [0, 0.05) is 38.0 Å². The van der Waals surface area contributed by atoms with Crippen molar-refractivity contribution in [1.82, 2.24) is 24.4 Å². The Balaban J connectivity index is 1.81. The van der Waals surface area contributed by atoms with Gasteiger partial charge in [-0.2, -0.15) is 5.10 Å². The molecule has 9 heteroatoms. The SMILES string of the molecule is C/C=C(/C(=O)NCc1ccc(NS(=O)N(C)C)nc1)c1cnn(-c2ccc(C)cc2)c1/C=C(\C)CC. The van der Waals surface area contributed by atoms with Crippen LogP contribution in [0.5, 0.6) is 0 Å². The number of anilines is 1. The molecule has 3 aromatic rings. The molecule has 0 radical (unpaired) electrons. The molecule has 0 aliphatic carbocycles. The van der Waals surface area contributed by atoms with Crippen LogP contribution in [0.15, 0.2) is 60.4 Å². The second kappa shape index (κ2) is 12.4. The quantitative estimate of drug-likeness (QED) is 0.391. The molecule has 36 heavy (non-hydrogen) atoms. The van der Waals surface area contributed by atoms with E-state index >= 15 is 0 Å². The summed E-state index contributed by atoms with van der Waals surface area (Å²) in [5.74, 6) is 0.304. The van der Waals surface area contributed by atoms with E-state index in [0.717, 1.165) is 28.9 Å². The maximum absolute atomic E-state index is 13.2. The van der Waals surface area contributed by atoms with Gasteiger partial charge in [0.1, 0.15) is 5.82 Å². The first kappa shape index (κ1) is 27.0. The zero-order valence-electron chi connectivity index (χ0n) is 21.7. The van der Waals surface area contributed by atoms with Crippen LogP contribution in [-0.4, -0.2) is 43.3 Å². The second-order valence-electron chi connectivity index (χ2n) is 8.64. The zero-order valence-corrected chi connectivity index (χ0v) is 22.5. The standard InChI is InChI=1S/C27H34N6O2S/c1-7-19(3)15-25-24(18-30-33(25)22-12-9-20(4)10-13-22)23(8-2)27(34)29-17-21-11-14-26(28-16-21)31-36(35)32(5)6/h8-16,18H,7,17H2,1-6H3,(H,28,31)(H,29,34)/b19-15+,23-8+. The lowest BCUT2D eigenvalue weighted by molar-refractivity contribution is -0.115. The van der Waals surface area contributed by atoms with E-state index in [9.17, 15) is 9.00 Å². The summed E-state index contributed by atoms with van der Waals surface area (Å²) < 4.78 is 18.1. The molecule has 3 rings (SSSR count). The van der Waals surface area contributed by atoms with Crippen LogP contribution in [0.25, 0.3) is 17.3 Å². The Kier molecular flexibility index (Phi) is 9.32. The molecule has 0 saturated heterocycles. The van der Waals surface area contributed by atoms with Crippen molar-refractivity contribution in [3.63, 3.8) is 0 Å². The zero-order chi connectivity index (χ0) is 26.2. The molecule has 0 saturated carbocycles. The van der Waals surface area contributed by atoms with E-state index in [2.05, 4.69) is 40.0 Å². The van der Waals surface area contributed by atoms with Crippen LogP contribution < -0.4 is 10.0 Å². The highest BCUT2D eigenvalue weighted by atomic mass is 32.2. The van der Waals surface area contributed by atoms with Gasteiger partial charge in [-0.05, 0) is 57.0 Å². The number of carbonyl (C=O) groups is 1. The number of pyridine rings is 1. The molecule has 2 heterocycles. The first-order valence-electron chi connectivity index (χ1n) is 11.8. The van der Waals surface area contributed by atoms with E-state index in [1.807, 2.05) is 54.9 Å². The second-order valence-corrected chi connectivity index (χ2v) is 10.1. The van der Waals surface area contributed by atoms with Gasteiger partial charge in [-0.3, -0.25) is 9.52 Å². The number of carbonyl (C=O) groups excluding carboxylic acids is 1. The fourth-order valence-corrected chi connectivity index (χ4v) is 3.87. The first-order valence-corrected chi connectivity index (χ1v) is 12.9. The molecule has 0 bridgehead atoms. The van der Waals surface area contributed by atoms with E-state index in [4.69, 9.17) is 0 Å². The van der Waals surface area contributed by atoms with E-state index in [0.29, 0.717) is 17.9 Å². The normalized spacial score (nSPS) is 13.1. The van der Waals surface area contributed by atoms with Crippen molar-refractivity contribution in [2.75, 3.05) is 18.8 Å². The summed E-state index contributed by atoms with van der Waals surface area (Å²) in [6.45, 7) is 8.39.